The van der Waals surface area contributed by atoms with Crippen LogP contribution in [-0.2, 0) is 0 Å². The van der Waals surface area contributed by atoms with E-state index >= 15 is 0 Å². The average molecular weight is 257 g/mol. The normalized spacial score (nSPS) is 23.1. The van der Waals surface area contributed by atoms with Gasteiger partial charge in [-0.3, -0.25) is 0 Å². The Bertz CT molecular complexity index is 473. The first-order valence-electron chi connectivity index (χ1n) is 7.28. The first kappa shape index (κ1) is 13.9. The van der Waals surface area contributed by atoms with Gasteiger partial charge in [0.05, 0.1) is 12.0 Å². The van der Waals surface area contributed by atoms with E-state index in [2.05, 4.69) is 45.0 Å². The minimum atomic E-state index is 0.0503. The molecule has 0 spiro atoms. The van der Waals surface area contributed by atoms with Gasteiger partial charge in [0.2, 0.25) is 0 Å². The fourth-order valence-corrected chi connectivity index (χ4v) is 2.77. The molecule has 1 aromatic carbocycles. The van der Waals surface area contributed by atoms with Crippen LogP contribution in [0.2, 0.25) is 0 Å². The molecule has 0 N–H and O–H groups in total. The minimum absolute atomic E-state index is 0.0503. The number of nitrogens with zero attached hydrogens (tertiary/aromatic N) is 1. The molecule has 1 aromatic rings. The molecule has 2 heteroatoms. The van der Waals surface area contributed by atoms with Gasteiger partial charge < -0.3 is 4.74 Å². The van der Waals surface area contributed by atoms with Gasteiger partial charge >= 0.3 is 0 Å². The van der Waals surface area contributed by atoms with Crippen molar-refractivity contribution in [3.63, 3.8) is 0 Å². The quantitative estimate of drug-likeness (QED) is 0.794. The molecule has 2 nitrogen and oxygen atoms in total. The lowest BCUT2D eigenvalue weighted by Gasteiger charge is -2.29. The molecule has 0 aliphatic heterocycles. The highest BCUT2D eigenvalue weighted by Crippen LogP contribution is 2.33. The predicted octanol–water partition coefficient (Wildman–Crippen LogP) is 4.58. The molecule has 19 heavy (non-hydrogen) atoms. The van der Waals surface area contributed by atoms with Crippen LogP contribution in [0.3, 0.4) is 0 Å². The maximum Gasteiger partial charge on any atom is 0.123 e. The smallest absolute Gasteiger partial charge is 0.123 e. The van der Waals surface area contributed by atoms with Crippen LogP contribution in [0.5, 0.6) is 5.75 Å². The van der Waals surface area contributed by atoms with Crippen molar-refractivity contribution < 1.29 is 4.74 Å². The van der Waals surface area contributed by atoms with Gasteiger partial charge in [-0.1, -0.05) is 32.4 Å². The van der Waals surface area contributed by atoms with Crippen molar-refractivity contribution in [2.45, 2.75) is 58.5 Å². The van der Waals surface area contributed by atoms with Gasteiger partial charge in [-0.25, -0.2) is 0 Å². The highest BCUT2D eigenvalue weighted by Gasteiger charge is 2.27. The molecule has 2 unspecified atom stereocenters. The molecule has 0 saturated heterocycles. The van der Waals surface area contributed by atoms with E-state index in [-0.39, 0.29) is 12.0 Å². The summed E-state index contributed by atoms with van der Waals surface area (Å²) in [5, 5.41) is 9.24. The molecular formula is C17H23NO. The molecule has 1 saturated carbocycles. The van der Waals surface area contributed by atoms with Gasteiger partial charge in [-0.15, -0.1) is 0 Å². The monoisotopic (exact) mass is 257 g/mol. The molecule has 1 aliphatic rings. The number of aryl methyl sites for hydroxylation is 1. The van der Waals surface area contributed by atoms with E-state index in [1.54, 1.807) is 0 Å². The molecule has 2 atom stereocenters. The zero-order valence-electron chi connectivity index (χ0n) is 12.1. The third kappa shape index (κ3) is 3.29. The van der Waals surface area contributed by atoms with Crippen molar-refractivity contribution in [3.05, 3.63) is 29.3 Å². The molecule has 102 valence electrons. The van der Waals surface area contributed by atoms with E-state index in [4.69, 9.17) is 4.74 Å². The summed E-state index contributed by atoms with van der Waals surface area (Å²) in [7, 11) is 0. The summed E-state index contributed by atoms with van der Waals surface area (Å²) in [6.45, 7) is 6.44. The molecule has 2 rings (SSSR count). The van der Waals surface area contributed by atoms with E-state index in [1.807, 2.05) is 0 Å². The van der Waals surface area contributed by atoms with Crippen LogP contribution in [0.15, 0.2) is 18.2 Å². The summed E-state index contributed by atoms with van der Waals surface area (Å²) in [5.74, 6) is 1.47. The Kier molecular flexibility index (Phi) is 4.47. The SMILES string of the molecule is Cc1ccc(C(C)C)c(OC2CCCCC2C#N)c1. The van der Waals surface area contributed by atoms with Crippen molar-refractivity contribution in [2.75, 3.05) is 0 Å². The highest BCUT2D eigenvalue weighted by atomic mass is 16.5. The average Bonchev–Trinajstić information content (AvgIpc) is 2.39. The number of nitriles is 1. The van der Waals surface area contributed by atoms with Crippen molar-refractivity contribution in [3.8, 4) is 11.8 Å². The van der Waals surface area contributed by atoms with Crippen LogP contribution in [0, 0.1) is 24.2 Å². The van der Waals surface area contributed by atoms with Crippen LogP contribution in [0.1, 0.15) is 56.6 Å². The minimum Gasteiger partial charge on any atom is -0.489 e. The lowest BCUT2D eigenvalue weighted by molar-refractivity contribution is 0.118. The maximum atomic E-state index is 9.24. The first-order valence-corrected chi connectivity index (χ1v) is 7.28. The summed E-state index contributed by atoms with van der Waals surface area (Å²) in [6, 6.07) is 8.80. The highest BCUT2D eigenvalue weighted by molar-refractivity contribution is 5.39. The van der Waals surface area contributed by atoms with E-state index in [9.17, 15) is 5.26 Å². The second-order valence-corrected chi connectivity index (χ2v) is 5.87. The molecular weight excluding hydrogens is 234 g/mol. The van der Waals surface area contributed by atoms with Crippen LogP contribution < -0.4 is 4.74 Å². The van der Waals surface area contributed by atoms with E-state index in [0.29, 0.717) is 5.92 Å². The van der Waals surface area contributed by atoms with Crippen molar-refractivity contribution >= 4 is 0 Å². The molecule has 0 radical (unpaired) electrons. The predicted molar refractivity (Wildman–Crippen MR) is 77.3 cm³/mol. The number of hydrogen-bond acceptors (Lipinski definition) is 2. The van der Waals surface area contributed by atoms with E-state index in [1.165, 1.54) is 17.5 Å². The van der Waals surface area contributed by atoms with Gasteiger partial charge in [0, 0.05) is 0 Å². The molecule has 0 amide bonds. The Morgan fingerprint density at radius 1 is 1.26 bits per heavy atom. The summed E-state index contributed by atoms with van der Waals surface area (Å²) in [5.41, 5.74) is 2.46. The van der Waals surface area contributed by atoms with Crippen LogP contribution in [0.25, 0.3) is 0 Å². The molecule has 1 aliphatic carbocycles. The van der Waals surface area contributed by atoms with E-state index in [0.717, 1.165) is 25.0 Å². The fourth-order valence-electron chi connectivity index (χ4n) is 2.77. The lowest BCUT2D eigenvalue weighted by Crippen LogP contribution is -2.29. The van der Waals surface area contributed by atoms with Gasteiger partial charge in [-0.2, -0.15) is 5.26 Å². The summed E-state index contributed by atoms with van der Waals surface area (Å²) in [6.07, 6.45) is 4.38. The third-order valence-corrected chi connectivity index (χ3v) is 3.94. The first-order chi connectivity index (χ1) is 9.11. The number of hydrogen-bond donors (Lipinski definition) is 0. The molecule has 0 aromatic heterocycles. The third-order valence-electron chi connectivity index (χ3n) is 3.94. The van der Waals surface area contributed by atoms with E-state index < -0.39 is 0 Å². The van der Waals surface area contributed by atoms with Gasteiger partial charge in [0.15, 0.2) is 0 Å². The summed E-state index contributed by atoms with van der Waals surface area (Å²) < 4.78 is 6.21. The molecule has 0 heterocycles. The largest absolute Gasteiger partial charge is 0.489 e. The Balaban J connectivity index is 2.22. The summed E-state index contributed by atoms with van der Waals surface area (Å²) in [4.78, 5) is 0. The summed E-state index contributed by atoms with van der Waals surface area (Å²) >= 11 is 0. The van der Waals surface area contributed by atoms with Gasteiger partial charge in [0.25, 0.3) is 0 Å². The van der Waals surface area contributed by atoms with Crippen molar-refractivity contribution in [1.29, 1.82) is 5.26 Å². The van der Waals surface area contributed by atoms with Crippen LogP contribution in [0.4, 0.5) is 0 Å². The number of rotatable bonds is 3. The topological polar surface area (TPSA) is 33.0 Å². The Labute approximate surface area is 116 Å². The van der Waals surface area contributed by atoms with Crippen LogP contribution in [-0.4, -0.2) is 6.10 Å². The fraction of sp³-hybridized carbons (Fsp3) is 0.588. The molecule has 0 bridgehead atoms. The number of ether oxygens (including phenoxy) is 1. The second kappa shape index (κ2) is 6.10. The van der Waals surface area contributed by atoms with Gasteiger partial charge in [-0.05, 0) is 49.3 Å². The number of benzene rings is 1. The lowest BCUT2D eigenvalue weighted by atomic mass is 9.87. The standard InChI is InChI=1S/C17H23NO/c1-12(2)15-9-8-13(3)10-17(15)19-16-7-5-4-6-14(16)11-18/h8-10,12,14,16H,4-7H2,1-3H3. The molecule has 1 fully saturated rings. The zero-order valence-corrected chi connectivity index (χ0v) is 12.1. The maximum absolute atomic E-state index is 9.24. The Morgan fingerprint density at radius 2 is 2.00 bits per heavy atom. The van der Waals surface area contributed by atoms with Crippen LogP contribution >= 0.6 is 0 Å². The van der Waals surface area contributed by atoms with Gasteiger partial charge in [0.1, 0.15) is 11.9 Å². The Hall–Kier alpha value is -1.49. The van der Waals surface area contributed by atoms with Crippen molar-refractivity contribution in [1.82, 2.24) is 0 Å². The second-order valence-electron chi connectivity index (χ2n) is 5.87. The Morgan fingerprint density at radius 3 is 2.68 bits per heavy atom. The zero-order chi connectivity index (χ0) is 13.8. The van der Waals surface area contributed by atoms with Crippen molar-refractivity contribution in [2.24, 2.45) is 5.92 Å².